The monoisotopic (exact) mass is 153 g/mol. The molecule has 0 heterocycles. The minimum atomic E-state index is 0. The number of nitrogens with two attached hydrogens (primary N) is 1. The van der Waals surface area contributed by atoms with Crippen LogP contribution in [0.4, 0.5) is 0 Å². The number of hydrogen-bond acceptors (Lipinski definition) is 2. The van der Waals surface area contributed by atoms with Crippen molar-refractivity contribution < 1.29 is 4.74 Å². The molecule has 0 spiro atoms. The van der Waals surface area contributed by atoms with Crippen molar-refractivity contribution in [3.8, 4) is 0 Å². The van der Waals surface area contributed by atoms with Crippen molar-refractivity contribution in [1.82, 2.24) is 0 Å². The lowest BCUT2D eigenvalue weighted by Gasteiger charge is -2.02. The van der Waals surface area contributed by atoms with Crippen LogP contribution < -0.4 is 5.73 Å². The Morgan fingerprint density at radius 2 is 2.11 bits per heavy atom. The summed E-state index contributed by atoms with van der Waals surface area (Å²) in [6.07, 6.45) is 0.966. The van der Waals surface area contributed by atoms with Gasteiger partial charge in [0.1, 0.15) is 0 Å². The average Bonchev–Trinajstić information content (AvgIpc) is 1.66. The lowest BCUT2D eigenvalue weighted by atomic mass is 10.3. The first-order valence-electron chi connectivity index (χ1n) is 3.10. The van der Waals surface area contributed by atoms with Crippen LogP contribution in [0, 0.1) is 0 Å². The van der Waals surface area contributed by atoms with E-state index in [2.05, 4.69) is 0 Å². The number of halogens is 1. The van der Waals surface area contributed by atoms with Gasteiger partial charge in [-0.1, -0.05) is 0 Å². The van der Waals surface area contributed by atoms with Crippen LogP contribution in [0.1, 0.15) is 20.3 Å². The van der Waals surface area contributed by atoms with Gasteiger partial charge in [0.25, 0.3) is 0 Å². The molecular formula is C6H16ClNO. The fourth-order valence-corrected chi connectivity index (χ4v) is 0.414. The zero-order valence-electron chi connectivity index (χ0n) is 6.09. The number of hydrogen-bond donors (Lipinski definition) is 1. The molecule has 58 valence electrons. The Balaban J connectivity index is 0. The molecule has 1 atom stereocenters. The van der Waals surface area contributed by atoms with E-state index in [4.69, 9.17) is 10.5 Å². The maximum Gasteiger partial charge on any atom is 0.0480 e. The molecule has 0 aromatic carbocycles. The van der Waals surface area contributed by atoms with Gasteiger partial charge in [0, 0.05) is 19.3 Å². The molecule has 0 aromatic rings. The minimum absolute atomic E-state index is 0. The molecule has 2 N–H and O–H groups in total. The van der Waals surface area contributed by atoms with Gasteiger partial charge >= 0.3 is 0 Å². The summed E-state index contributed by atoms with van der Waals surface area (Å²) in [4.78, 5) is 0. The predicted molar refractivity (Wildman–Crippen MR) is 42.0 cm³/mol. The summed E-state index contributed by atoms with van der Waals surface area (Å²) >= 11 is 0. The Morgan fingerprint density at radius 3 is 2.44 bits per heavy atom. The highest BCUT2D eigenvalue weighted by Crippen LogP contribution is 1.85. The lowest BCUT2D eigenvalue weighted by molar-refractivity contribution is 0.141. The highest BCUT2D eigenvalue weighted by molar-refractivity contribution is 5.85. The van der Waals surface area contributed by atoms with Gasteiger partial charge in [0.15, 0.2) is 0 Å². The van der Waals surface area contributed by atoms with Gasteiger partial charge in [0.2, 0.25) is 0 Å². The van der Waals surface area contributed by atoms with Crippen LogP contribution in [0.5, 0.6) is 0 Å². The molecule has 1 unspecified atom stereocenters. The van der Waals surface area contributed by atoms with Crippen LogP contribution >= 0.6 is 12.4 Å². The molecule has 0 bridgehead atoms. The topological polar surface area (TPSA) is 35.2 Å². The van der Waals surface area contributed by atoms with Crippen LogP contribution in [0.25, 0.3) is 0 Å². The third kappa shape index (κ3) is 11.7. The molecule has 0 saturated carbocycles. The molecule has 9 heavy (non-hydrogen) atoms. The standard InChI is InChI=1S/C6H15NO.ClH/c1-3-8-5-4-6(2)7;/h6H,3-5,7H2,1-2H3;1H. The highest BCUT2D eigenvalue weighted by Gasteiger charge is 1.90. The quantitative estimate of drug-likeness (QED) is 0.616. The molecule has 0 aliphatic rings. The largest absolute Gasteiger partial charge is 0.382 e. The second-order valence-corrected chi connectivity index (χ2v) is 1.96. The Hall–Kier alpha value is 0.210. The highest BCUT2D eigenvalue weighted by atomic mass is 35.5. The molecule has 0 amide bonds. The van der Waals surface area contributed by atoms with Crippen molar-refractivity contribution in [3.63, 3.8) is 0 Å². The normalized spacial score (nSPS) is 12.3. The van der Waals surface area contributed by atoms with Crippen LogP contribution in [-0.4, -0.2) is 19.3 Å². The van der Waals surface area contributed by atoms with E-state index in [9.17, 15) is 0 Å². The van der Waals surface area contributed by atoms with Gasteiger partial charge in [0.05, 0.1) is 0 Å². The van der Waals surface area contributed by atoms with E-state index in [-0.39, 0.29) is 18.4 Å². The molecule has 0 aliphatic heterocycles. The Labute approximate surface area is 63.2 Å². The van der Waals surface area contributed by atoms with Gasteiger partial charge in [-0.2, -0.15) is 0 Å². The third-order valence-electron chi connectivity index (χ3n) is 0.922. The molecule has 0 aromatic heterocycles. The fourth-order valence-electron chi connectivity index (χ4n) is 0.414. The molecule has 3 heteroatoms. The fraction of sp³-hybridized carbons (Fsp3) is 1.00. The van der Waals surface area contributed by atoms with E-state index in [1.165, 1.54) is 0 Å². The van der Waals surface area contributed by atoms with E-state index in [1.807, 2.05) is 13.8 Å². The molecular weight excluding hydrogens is 138 g/mol. The van der Waals surface area contributed by atoms with E-state index in [1.54, 1.807) is 0 Å². The van der Waals surface area contributed by atoms with Gasteiger partial charge in [-0.3, -0.25) is 0 Å². The van der Waals surface area contributed by atoms with Crippen molar-refractivity contribution in [2.24, 2.45) is 5.73 Å². The summed E-state index contributed by atoms with van der Waals surface area (Å²) in [6, 6.07) is 0.279. The van der Waals surface area contributed by atoms with E-state index < -0.39 is 0 Å². The summed E-state index contributed by atoms with van der Waals surface area (Å²) in [7, 11) is 0. The summed E-state index contributed by atoms with van der Waals surface area (Å²) in [5.41, 5.74) is 5.45. The van der Waals surface area contributed by atoms with Gasteiger partial charge in [-0.15, -0.1) is 12.4 Å². The number of rotatable bonds is 4. The minimum Gasteiger partial charge on any atom is -0.382 e. The second kappa shape index (κ2) is 8.21. The van der Waals surface area contributed by atoms with Gasteiger partial charge in [-0.05, 0) is 20.3 Å². The van der Waals surface area contributed by atoms with E-state index in [0.717, 1.165) is 19.6 Å². The first-order valence-corrected chi connectivity index (χ1v) is 3.10. The first kappa shape index (κ1) is 11.9. The van der Waals surface area contributed by atoms with Crippen molar-refractivity contribution in [2.75, 3.05) is 13.2 Å². The molecule has 0 fully saturated rings. The lowest BCUT2D eigenvalue weighted by Crippen LogP contribution is -2.17. The van der Waals surface area contributed by atoms with Crippen molar-refractivity contribution in [1.29, 1.82) is 0 Å². The summed E-state index contributed by atoms with van der Waals surface area (Å²) < 4.78 is 5.06. The summed E-state index contributed by atoms with van der Waals surface area (Å²) in [5.74, 6) is 0. The Bertz CT molecular complexity index is 50.3. The smallest absolute Gasteiger partial charge is 0.0480 e. The molecule has 0 aliphatic carbocycles. The van der Waals surface area contributed by atoms with Crippen LogP contribution in [0.2, 0.25) is 0 Å². The van der Waals surface area contributed by atoms with Gasteiger partial charge in [-0.25, -0.2) is 0 Å². The molecule has 0 radical (unpaired) electrons. The third-order valence-corrected chi connectivity index (χ3v) is 0.922. The maximum absolute atomic E-state index is 5.45. The Kier molecular flexibility index (Phi) is 10.9. The maximum atomic E-state index is 5.45. The van der Waals surface area contributed by atoms with Crippen LogP contribution in [0.15, 0.2) is 0 Å². The molecule has 0 saturated heterocycles. The average molecular weight is 154 g/mol. The predicted octanol–water partition coefficient (Wildman–Crippen LogP) is 1.18. The van der Waals surface area contributed by atoms with E-state index >= 15 is 0 Å². The van der Waals surface area contributed by atoms with Crippen LogP contribution in [0.3, 0.4) is 0 Å². The van der Waals surface area contributed by atoms with E-state index in [0.29, 0.717) is 0 Å². The molecule has 2 nitrogen and oxygen atoms in total. The number of ether oxygens (including phenoxy) is 1. The van der Waals surface area contributed by atoms with Crippen LogP contribution in [-0.2, 0) is 4.74 Å². The Morgan fingerprint density at radius 1 is 1.56 bits per heavy atom. The van der Waals surface area contributed by atoms with Gasteiger partial charge < -0.3 is 10.5 Å². The summed E-state index contributed by atoms with van der Waals surface area (Å²) in [5, 5.41) is 0. The van der Waals surface area contributed by atoms with Crippen molar-refractivity contribution in [2.45, 2.75) is 26.3 Å². The zero-order valence-corrected chi connectivity index (χ0v) is 6.91. The summed E-state index contributed by atoms with van der Waals surface area (Å²) in [6.45, 7) is 5.57. The zero-order chi connectivity index (χ0) is 6.41. The SMILES string of the molecule is CCOCCC(C)N.Cl. The first-order chi connectivity index (χ1) is 3.77. The van der Waals surface area contributed by atoms with Crippen molar-refractivity contribution >= 4 is 12.4 Å². The van der Waals surface area contributed by atoms with Crippen molar-refractivity contribution in [3.05, 3.63) is 0 Å². The molecule has 0 rings (SSSR count). The second-order valence-electron chi connectivity index (χ2n) is 1.96.